The van der Waals surface area contributed by atoms with Crippen LogP contribution in [0, 0.1) is 0 Å². The quantitative estimate of drug-likeness (QED) is 0.839. The van der Waals surface area contributed by atoms with Gasteiger partial charge in [0.25, 0.3) is 0 Å². The van der Waals surface area contributed by atoms with Gasteiger partial charge in [0.2, 0.25) is 15.9 Å². The highest BCUT2D eigenvalue weighted by atomic mass is 32.2. The molecule has 140 valence electrons. The van der Waals surface area contributed by atoms with Crippen molar-refractivity contribution < 1.29 is 13.2 Å². The third-order valence-electron chi connectivity index (χ3n) is 4.83. The Labute approximate surface area is 151 Å². The summed E-state index contributed by atoms with van der Waals surface area (Å²) in [6.45, 7) is 6.80. The fourth-order valence-electron chi connectivity index (χ4n) is 2.94. The smallest absolute Gasteiger partial charge is 0.243 e. The standard InChI is InChI=1S/C18H29N3O3S/c1-14(2)20(4)25(23,24)17-10-8-16(9-11-17)19-13-18(22)21-12-6-5-7-15(21)3/h8-11,14-15,19H,5-7,12-13H2,1-4H3. The molecule has 1 aliphatic rings. The molecule has 6 nitrogen and oxygen atoms in total. The van der Waals surface area contributed by atoms with E-state index in [0.717, 1.165) is 25.1 Å². The van der Waals surface area contributed by atoms with Gasteiger partial charge < -0.3 is 10.2 Å². The predicted molar refractivity (Wildman–Crippen MR) is 100 cm³/mol. The number of carbonyl (C=O) groups is 1. The van der Waals surface area contributed by atoms with Crippen LogP contribution in [-0.4, -0.2) is 55.8 Å². The first-order valence-electron chi connectivity index (χ1n) is 8.85. The number of likely N-dealkylation sites (tertiary alicyclic amines) is 1. The SMILES string of the molecule is CC1CCCCN1C(=O)CNc1ccc(S(=O)(=O)N(C)C(C)C)cc1. The van der Waals surface area contributed by atoms with Gasteiger partial charge >= 0.3 is 0 Å². The molecular formula is C18H29N3O3S. The summed E-state index contributed by atoms with van der Waals surface area (Å²) in [5.74, 6) is 0.0865. The second-order valence-electron chi connectivity index (χ2n) is 6.92. The Bertz CT molecular complexity index is 686. The fraction of sp³-hybridized carbons (Fsp3) is 0.611. The van der Waals surface area contributed by atoms with Gasteiger partial charge in [-0.3, -0.25) is 4.79 Å². The van der Waals surface area contributed by atoms with Crippen LogP contribution in [0.1, 0.15) is 40.0 Å². The van der Waals surface area contributed by atoms with Crippen LogP contribution < -0.4 is 5.32 Å². The summed E-state index contributed by atoms with van der Waals surface area (Å²) in [6.07, 6.45) is 3.30. The number of piperidine rings is 1. The third-order valence-corrected chi connectivity index (χ3v) is 6.87. The highest BCUT2D eigenvalue weighted by molar-refractivity contribution is 7.89. The molecule has 1 aliphatic heterocycles. The maximum atomic E-state index is 12.4. The van der Waals surface area contributed by atoms with Crippen LogP contribution in [0.5, 0.6) is 0 Å². The number of nitrogens with one attached hydrogen (secondary N) is 1. The Morgan fingerprint density at radius 2 is 1.92 bits per heavy atom. The molecule has 0 bridgehead atoms. The minimum atomic E-state index is -3.48. The summed E-state index contributed by atoms with van der Waals surface area (Å²) >= 11 is 0. The zero-order valence-electron chi connectivity index (χ0n) is 15.5. The van der Waals surface area contributed by atoms with Crippen molar-refractivity contribution in [1.82, 2.24) is 9.21 Å². The molecule has 1 N–H and O–H groups in total. The number of hydrogen-bond donors (Lipinski definition) is 1. The Kier molecular flexibility index (Phi) is 6.46. The minimum Gasteiger partial charge on any atom is -0.376 e. The first kappa shape index (κ1) is 19.7. The normalized spacial score (nSPS) is 18.6. The van der Waals surface area contributed by atoms with E-state index in [1.807, 2.05) is 18.7 Å². The van der Waals surface area contributed by atoms with Gasteiger partial charge in [-0.05, 0) is 64.3 Å². The lowest BCUT2D eigenvalue weighted by molar-refractivity contribution is -0.132. The van der Waals surface area contributed by atoms with E-state index in [1.165, 1.54) is 10.7 Å². The summed E-state index contributed by atoms with van der Waals surface area (Å²) in [5, 5.41) is 3.09. The van der Waals surface area contributed by atoms with Gasteiger partial charge in [-0.1, -0.05) is 0 Å². The molecule has 25 heavy (non-hydrogen) atoms. The second-order valence-corrected chi connectivity index (χ2v) is 8.92. The van der Waals surface area contributed by atoms with Crippen molar-refractivity contribution in [2.24, 2.45) is 0 Å². The van der Waals surface area contributed by atoms with Crippen LogP contribution in [0.25, 0.3) is 0 Å². The molecule has 1 heterocycles. The number of nitrogens with zero attached hydrogens (tertiary/aromatic N) is 2. The number of sulfonamides is 1. The zero-order chi connectivity index (χ0) is 18.6. The molecule has 1 aromatic rings. The Balaban J connectivity index is 1.97. The molecule has 2 rings (SSSR count). The monoisotopic (exact) mass is 367 g/mol. The highest BCUT2D eigenvalue weighted by Gasteiger charge is 2.24. The van der Waals surface area contributed by atoms with E-state index in [0.29, 0.717) is 6.04 Å². The van der Waals surface area contributed by atoms with Crippen LogP contribution in [-0.2, 0) is 14.8 Å². The third kappa shape index (κ3) is 4.73. The van der Waals surface area contributed by atoms with Gasteiger partial charge in [0.05, 0.1) is 11.4 Å². The zero-order valence-corrected chi connectivity index (χ0v) is 16.3. The van der Waals surface area contributed by atoms with Crippen LogP contribution >= 0.6 is 0 Å². The summed E-state index contributed by atoms with van der Waals surface area (Å²) in [5.41, 5.74) is 0.740. The Morgan fingerprint density at radius 3 is 2.48 bits per heavy atom. The van der Waals surface area contributed by atoms with Crippen molar-refractivity contribution in [2.75, 3.05) is 25.5 Å². The van der Waals surface area contributed by atoms with E-state index < -0.39 is 10.0 Å². The first-order chi connectivity index (χ1) is 11.7. The van der Waals surface area contributed by atoms with Crippen LogP contribution in [0.2, 0.25) is 0 Å². The number of carbonyl (C=O) groups excluding carboxylic acids is 1. The Morgan fingerprint density at radius 1 is 1.28 bits per heavy atom. The topological polar surface area (TPSA) is 69.7 Å². The van der Waals surface area contributed by atoms with Crippen molar-refractivity contribution in [3.05, 3.63) is 24.3 Å². The molecule has 0 saturated carbocycles. The van der Waals surface area contributed by atoms with Crippen molar-refractivity contribution in [2.45, 2.75) is 57.0 Å². The minimum absolute atomic E-state index is 0.0865. The van der Waals surface area contributed by atoms with Gasteiger partial charge in [0.1, 0.15) is 0 Å². The molecule has 1 aromatic carbocycles. The molecule has 1 unspecified atom stereocenters. The largest absolute Gasteiger partial charge is 0.376 e. The maximum Gasteiger partial charge on any atom is 0.243 e. The molecule has 7 heteroatoms. The van der Waals surface area contributed by atoms with E-state index in [-0.39, 0.29) is 23.4 Å². The van der Waals surface area contributed by atoms with E-state index in [9.17, 15) is 13.2 Å². The van der Waals surface area contributed by atoms with Crippen molar-refractivity contribution in [1.29, 1.82) is 0 Å². The van der Waals surface area contributed by atoms with Gasteiger partial charge in [0, 0.05) is 31.4 Å². The lowest BCUT2D eigenvalue weighted by Crippen LogP contribution is -2.44. The first-order valence-corrected chi connectivity index (χ1v) is 10.3. The van der Waals surface area contributed by atoms with Crippen molar-refractivity contribution >= 4 is 21.6 Å². The van der Waals surface area contributed by atoms with Crippen LogP contribution in [0.15, 0.2) is 29.2 Å². The molecule has 0 radical (unpaired) electrons. The van der Waals surface area contributed by atoms with E-state index >= 15 is 0 Å². The molecule has 1 amide bonds. The van der Waals surface area contributed by atoms with Crippen molar-refractivity contribution in [3.8, 4) is 0 Å². The van der Waals surface area contributed by atoms with E-state index in [4.69, 9.17) is 0 Å². The Hall–Kier alpha value is -1.60. The molecule has 0 aromatic heterocycles. The van der Waals surface area contributed by atoms with Gasteiger partial charge in [-0.25, -0.2) is 8.42 Å². The van der Waals surface area contributed by atoms with E-state index in [2.05, 4.69) is 12.2 Å². The summed E-state index contributed by atoms with van der Waals surface area (Å²) < 4.78 is 26.2. The molecule has 1 atom stereocenters. The lowest BCUT2D eigenvalue weighted by atomic mass is 10.0. The number of amides is 1. The predicted octanol–water partition coefficient (Wildman–Crippen LogP) is 2.53. The number of hydrogen-bond acceptors (Lipinski definition) is 4. The molecule has 1 saturated heterocycles. The molecule has 1 fully saturated rings. The van der Waals surface area contributed by atoms with Gasteiger partial charge in [-0.15, -0.1) is 0 Å². The summed E-state index contributed by atoms with van der Waals surface area (Å²) in [4.78, 5) is 14.5. The average Bonchev–Trinajstić information content (AvgIpc) is 2.59. The van der Waals surface area contributed by atoms with Crippen LogP contribution in [0.3, 0.4) is 0 Å². The summed E-state index contributed by atoms with van der Waals surface area (Å²) in [6, 6.07) is 6.74. The molecular weight excluding hydrogens is 338 g/mol. The second kappa shape index (κ2) is 8.19. The highest BCUT2D eigenvalue weighted by Crippen LogP contribution is 2.20. The fourth-order valence-corrected chi connectivity index (χ4v) is 4.30. The average molecular weight is 368 g/mol. The van der Waals surface area contributed by atoms with Crippen molar-refractivity contribution in [3.63, 3.8) is 0 Å². The maximum absolute atomic E-state index is 12.4. The van der Waals surface area contributed by atoms with Gasteiger partial charge in [0.15, 0.2) is 0 Å². The number of rotatable bonds is 6. The number of anilines is 1. The van der Waals surface area contributed by atoms with Crippen LogP contribution in [0.4, 0.5) is 5.69 Å². The summed E-state index contributed by atoms with van der Waals surface area (Å²) in [7, 11) is -1.91. The molecule has 0 aliphatic carbocycles. The van der Waals surface area contributed by atoms with E-state index in [1.54, 1.807) is 31.3 Å². The van der Waals surface area contributed by atoms with Gasteiger partial charge in [-0.2, -0.15) is 4.31 Å². The molecule has 0 spiro atoms. The lowest BCUT2D eigenvalue weighted by Gasteiger charge is -2.33. The number of benzene rings is 1.